The van der Waals surface area contributed by atoms with Gasteiger partial charge in [0.15, 0.2) is 5.58 Å². The van der Waals surface area contributed by atoms with Crippen LogP contribution in [-0.2, 0) is 6.54 Å². The molecule has 1 heterocycles. The second kappa shape index (κ2) is 3.84. The topological polar surface area (TPSA) is 72.4 Å². The third kappa shape index (κ3) is 1.60. The van der Waals surface area contributed by atoms with Gasteiger partial charge in [-0.3, -0.25) is 4.57 Å². The Kier molecular flexibility index (Phi) is 2.52. The largest absolute Gasteiger partial charge is 0.478 e. The van der Waals surface area contributed by atoms with Crippen LogP contribution < -0.4 is 5.76 Å². The van der Waals surface area contributed by atoms with Crippen molar-refractivity contribution in [3.05, 3.63) is 34.3 Å². The predicted molar refractivity (Wildman–Crippen MR) is 57.7 cm³/mol. The molecule has 1 aromatic heterocycles. The van der Waals surface area contributed by atoms with Crippen LogP contribution in [0.1, 0.15) is 23.7 Å². The summed E-state index contributed by atoms with van der Waals surface area (Å²) in [4.78, 5) is 22.2. The van der Waals surface area contributed by atoms with E-state index in [0.717, 1.165) is 6.42 Å². The molecule has 84 valence electrons. The first-order valence-corrected chi connectivity index (χ1v) is 5.00. The molecule has 0 aliphatic heterocycles. The summed E-state index contributed by atoms with van der Waals surface area (Å²) in [7, 11) is 0. The second-order valence-electron chi connectivity index (χ2n) is 3.51. The van der Waals surface area contributed by atoms with E-state index in [1.165, 1.54) is 16.7 Å². The van der Waals surface area contributed by atoms with E-state index in [2.05, 4.69) is 0 Å². The lowest BCUT2D eigenvalue weighted by Crippen LogP contribution is -2.13. The van der Waals surface area contributed by atoms with Gasteiger partial charge in [0.1, 0.15) is 0 Å². The summed E-state index contributed by atoms with van der Waals surface area (Å²) >= 11 is 0. The van der Waals surface area contributed by atoms with E-state index >= 15 is 0 Å². The number of carboxylic acid groups (broad SMARTS) is 1. The molecule has 5 nitrogen and oxygen atoms in total. The summed E-state index contributed by atoms with van der Waals surface area (Å²) < 4.78 is 6.49. The number of hydrogen-bond donors (Lipinski definition) is 1. The van der Waals surface area contributed by atoms with E-state index in [4.69, 9.17) is 9.52 Å². The lowest BCUT2D eigenvalue weighted by atomic mass is 10.2. The average Bonchev–Trinajstić information content (AvgIpc) is 2.55. The second-order valence-corrected chi connectivity index (χ2v) is 3.51. The van der Waals surface area contributed by atoms with Crippen molar-refractivity contribution in [3.8, 4) is 0 Å². The number of aromatic nitrogens is 1. The number of nitrogens with zero attached hydrogens (tertiary/aromatic N) is 1. The maximum atomic E-state index is 11.5. The van der Waals surface area contributed by atoms with Gasteiger partial charge in [0.05, 0.1) is 11.1 Å². The summed E-state index contributed by atoms with van der Waals surface area (Å²) in [6.45, 7) is 2.52. The van der Waals surface area contributed by atoms with Crippen LogP contribution in [0.2, 0.25) is 0 Å². The highest BCUT2D eigenvalue weighted by Crippen LogP contribution is 2.15. The van der Waals surface area contributed by atoms with Crippen molar-refractivity contribution in [2.24, 2.45) is 0 Å². The molecule has 0 bridgehead atoms. The van der Waals surface area contributed by atoms with Crippen molar-refractivity contribution in [2.75, 3.05) is 0 Å². The Morgan fingerprint density at radius 2 is 2.25 bits per heavy atom. The zero-order valence-electron chi connectivity index (χ0n) is 8.77. The highest BCUT2D eigenvalue weighted by molar-refractivity contribution is 5.91. The van der Waals surface area contributed by atoms with Crippen LogP contribution in [0.4, 0.5) is 0 Å². The summed E-state index contributed by atoms with van der Waals surface area (Å²) in [6, 6.07) is 4.43. The van der Waals surface area contributed by atoms with Crippen molar-refractivity contribution >= 4 is 17.1 Å². The fourth-order valence-electron chi connectivity index (χ4n) is 1.63. The van der Waals surface area contributed by atoms with Gasteiger partial charge in [-0.2, -0.15) is 0 Å². The van der Waals surface area contributed by atoms with Crippen molar-refractivity contribution in [1.82, 2.24) is 4.57 Å². The van der Waals surface area contributed by atoms with Gasteiger partial charge in [-0.05, 0) is 24.6 Å². The van der Waals surface area contributed by atoms with Gasteiger partial charge in [-0.25, -0.2) is 9.59 Å². The van der Waals surface area contributed by atoms with Gasteiger partial charge in [-0.15, -0.1) is 0 Å². The van der Waals surface area contributed by atoms with Crippen LogP contribution in [0, 0.1) is 0 Å². The van der Waals surface area contributed by atoms with Crippen molar-refractivity contribution in [2.45, 2.75) is 19.9 Å². The van der Waals surface area contributed by atoms with Crippen LogP contribution in [0.15, 0.2) is 27.4 Å². The number of oxazole rings is 1. The molecule has 1 N–H and O–H groups in total. The van der Waals surface area contributed by atoms with E-state index in [1.807, 2.05) is 6.92 Å². The number of fused-ring (bicyclic) bond motifs is 1. The Labute approximate surface area is 90.9 Å². The number of carbonyl (C=O) groups is 1. The minimum Gasteiger partial charge on any atom is -0.478 e. The van der Waals surface area contributed by atoms with Crippen LogP contribution in [0.3, 0.4) is 0 Å². The van der Waals surface area contributed by atoms with Gasteiger partial charge >= 0.3 is 11.7 Å². The minimum absolute atomic E-state index is 0.116. The monoisotopic (exact) mass is 221 g/mol. The average molecular weight is 221 g/mol. The molecule has 0 radical (unpaired) electrons. The lowest BCUT2D eigenvalue weighted by Gasteiger charge is -1.98. The van der Waals surface area contributed by atoms with Crippen LogP contribution in [-0.4, -0.2) is 15.6 Å². The first-order valence-electron chi connectivity index (χ1n) is 5.00. The predicted octanol–water partition coefficient (Wildman–Crippen LogP) is 1.70. The molecule has 0 amide bonds. The zero-order valence-corrected chi connectivity index (χ0v) is 8.77. The Balaban J connectivity index is 2.65. The molecule has 0 aliphatic rings. The first kappa shape index (κ1) is 10.5. The smallest absolute Gasteiger partial charge is 0.419 e. The maximum absolute atomic E-state index is 11.5. The summed E-state index contributed by atoms with van der Waals surface area (Å²) in [5.74, 6) is -1.48. The molecule has 16 heavy (non-hydrogen) atoms. The van der Waals surface area contributed by atoms with E-state index in [0.29, 0.717) is 17.6 Å². The molecule has 2 aromatic rings. The molecule has 0 aliphatic carbocycles. The number of aryl methyl sites for hydroxylation is 1. The quantitative estimate of drug-likeness (QED) is 0.856. The molecule has 0 saturated heterocycles. The Morgan fingerprint density at radius 3 is 2.88 bits per heavy atom. The molecule has 0 fully saturated rings. The number of hydrogen-bond acceptors (Lipinski definition) is 3. The molecular formula is C11H11NO4. The third-order valence-corrected chi connectivity index (χ3v) is 2.36. The van der Waals surface area contributed by atoms with Gasteiger partial charge in [-0.1, -0.05) is 6.92 Å². The minimum atomic E-state index is -1.03. The molecule has 1 aromatic carbocycles. The van der Waals surface area contributed by atoms with Crippen LogP contribution in [0.5, 0.6) is 0 Å². The molecular weight excluding hydrogens is 210 g/mol. The van der Waals surface area contributed by atoms with Crippen LogP contribution in [0.25, 0.3) is 11.1 Å². The van der Waals surface area contributed by atoms with Crippen LogP contribution >= 0.6 is 0 Å². The third-order valence-electron chi connectivity index (χ3n) is 2.36. The molecule has 0 unspecified atom stereocenters. The zero-order chi connectivity index (χ0) is 11.7. The highest BCUT2D eigenvalue weighted by atomic mass is 16.4. The van der Waals surface area contributed by atoms with E-state index in [1.54, 1.807) is 6.07 Å². The molecule has 2 rings (SSSR count). The van der Waals surface area contributed by atoms with Gasteiger partial charge < -0.3 is 9.52 Å². The first-order chi connectivity index (χ1) is 7.63. The standard InChI is InChI=1S/C11H11NO4/c1-2-5-12-8-4-3-7(10(13)14)6-9(8)16-11(12)15/h3-4,6H,2,5H2,1H3,(H,13,14). The van der Waals surface area contributed by atoms with Crippen molar-refractivity contribution in [1.29, 1.82) is 0 Å². The number of rotatable bonds is 3. The SMILES string of the molecule is CCCn1c(=O)oc2cc(C(=O)O)ccc21. The molecule has 0 spiro atoms. The number of aromatic carboxylic acids is 1. The van der Waals surface area contributed by atoms with Crippen molar-refractivity contribution < 1.29 is 14.3 Å². The lowest BCUT2D eigenvalue weighted by molar-refractivity contribution is 0.0697. The molecule has 5 heteroatoms. The fraction of sp³-hybridized carbons (Fsp3) is 0.273. The Morgan fingerprint density at radius 1 is 1.50 bits per heavy atom. The fourth-order valence-corrected chi connectivity index (χ4v) is 1.63. The summed E-state index contributed by atoms with van der Waals surface area (Å²) in [5, 5.41) is 8.80. The van der Waals surface area contributed by atoms with Gasteiger partial charge in [0.2, 0.25) is 0 Å². The van der Waals surface area contributed by atoms with Gasteiger partial charge in [0.25, 0.3) is 0 Å². The maximum Gasteiger partial charge on any atom is 0.419 e. The Hall–Kier alpha value is -2.04. The van der Waals surface area contributed by atoms with Gasteiger partial charge in [0, 0.05) is 6.54 Å². The molecule has 0 saturated carbocycles. The van der Waals surface area contributed by atoms with E-state index < -0.39 is 11.7 Å². The highest BCUT2D eigenvalue weighted by Gasteiger charge is 2.11. The van der Waals surface area contributed by atoms with Crippen molar-refractivity contribution in [3.63, 3.8) is 0 Å². The van der Waals surface area contributed by atoms with E-state index in [9.17, 15) is 9.59 Å². The number of benzene rings is 1. The molecule has 0 atom stereocenters. The summed E-state index contributed by atoms with van der Waals surface area (Å²) in [5.41, 5.74) is 1.07. The summed E-state index contributed by atoms with van der Waals surface area (Å²) in [6.07, 6.45) is 0.815. The number of carboxylic acids is 1. The van der Waals surface area contributed by atoms with E-state index in [-0.39, 0.29) is 5.56 Å². The normalized spacial score (nSPS) is 10.8. The Bertz CT molecular complexity index is 594.